The fraction of sp³-hybridized carbons (Fsp3) is 0.423. The molecule has 1 aliphatic heterocycles. The van der Waals surface area contributed by atoms with Crippen molar-refractivity contribution < 1.29 is 4.79 Å². The molecule has 7 nitrogen and oxygen atoms in total. The number of thioether (sulfide) groups is 1. The van der Waals surface area contributed by atoms with Gasteiger partial charge >= 0.3 is 0 Å². The third-order valence-corrected chi connectivity index (χ3v) is 7.20. The van der Waals surface area contributed by atoms with Crippen molar-refractivity contribution in [1.82, 2.24) is 29.9 Å². The van der Waals surface area contributed by atoms with E-state index < -0.39 is 0 Å². The Labute approximate surface area is 206 Å². The number of hydrogen-bond donors (Lipinski definition) is 1. The third kappa shape index (κ3) is 6.46. The molecule has 0 radical (unpaired) electrons. The lowest BCUT2D eigenvalue weighted by Crippen LogP contribution is -2.48. The van der Waals surface area contributed by atoms with E-state index in [-0.39, 0.29) is 17.7 Å². The molecular weight excluding hydrogens is 444 g/mol. The molecule has 3 aromatic rings. The van der Waals surface area contributed by atoms with Crippen LogP contribution >= 0.6 is 11.8 Å². The summed E-state index contributed by atoms with van der Waals surface area (Å²) >= 11 is 1.41. The van der Waals surface area contributed by atoms with Crippen LogP contribution in [0.3, 0.4) is 0 Å². The number of likely N-dealkylation sites (N-methyl/N-ethyl adjacent to an activating group) is 1. The number of nitrogens with zero attached hydrogens (tertiary/aromatic N) is 5. The lowest BCUT2D eigenvalue weighted by Gasteiger charge is -2.35. The quantitative estimate of drug-likeness (QED) is 0.474. The van der Waals surface area contributed by atoms with Gasteiger partial charge in [0.15, 0.2) is 5.16 Å². The van der Waals surface area contributed by atoms with Crippen LogP contribution in [0.25, 0.3) is 5.69 Å². The minimum Gasteiger partial charge on any atom is -0.347 e. The molecule has 2 heterocycles. The molecule has 1 unspecified atom stereocenters. The van der Waals surface area contributed by atoms with E-state index in [9.17, 15) is 4.79 Å². The third-order valence-electron chi connectivity index (χ3n) is 6.26. The number of piperazine rings is 1. The molecule has 0 spiro atoms. The lowest BCUT2D eigenvalue weighted by molar-refractivity contribution is -0.119. The van der Waals surface area contributed by atoms with Crippen LogP contribution in [0.2, 0.25) is 0 Å². The van der Waals surface area contributed by atoms with Crippen molar-refractivity contribution in [3.8, 4) is 5.69 Å². The van der Waals surface area contributed by atoms with Crippen molar-refractivity contribution in [2.45, 2.75) is 31.0 Å². The fourth-order valence-electron chi connectivity index (χ4n) is 4.09. The first-order valence-corrected chi connectivity index (χ1v) is 12.9. The number of benzene rings is 2. The predicted molar refractivity (Wildman–Crippen MR) is 137 cm³/mol. The second-order valence-corrected chi connectivity index (χ2v) is 10.1. The van der Waals surface area contributed by atoms with Gasteiger partial charge in [-0.25, -0.2) is 0 Å². The Morgan fingerprint density at radius 2 is 1.71 bits per heavy atom. The van der Waals surface area contributed by atoms with Gasteiger partial charge in [0, 0.05) is 38.4 Å². The molecule has 8 heteroatoms. The van der Waals surface area contributed by atoms with E-state index in [0.29, 0.717) is 11.1 Å². The summed E-state index contributed by atoms with van der Waals surface area (Å²) in [6.07, 6.45) is 1.70. The lowest BCUT2D eigenvalue weighted by atomic mass is 10.0. The molecule has 4 rings (SSSR count). The van der Waals surface area contributed by atoms with Gasteiger partial charge in [0.2, 0.25) is 5.91 Å². The summed E-state index contributed by atoms with van der Waals surface area (Å²) in [5.74, 6) is 0.767. The molecule has 34 heavy (non-hydrogen) atoms. The Bertz CT molecular complexity index is 1040. The first-order chi connectivity index (χ1) is 16.5. The summed E-state index contributed by atoms with van der Waals surface area (Å²) in [4.78, 5) is 17.7. The highest BCUT2D eigenvalue weighted by atomic mass is 32.2. The van der Waals surface area contributed by atoms with Crippen LogP contribution in [0.15, 0.2) is 66.1 Å². The van der Waals surface area contributed by atoms with Crippen LogP contribution in [-0.4, -0.2) is 76.0 Å². The molecule has 2 aromatic carbocycles. The van der Waals surface area contributed by atoms with Crippen molar-refractivity contribution in [2.24, 2.45) is 0 Å². The largest absolute Gasteiger partial charge is 0.347 e. The van der Waals surface area contributed by atoms with Gasteiger partial charge in [-0.2, -0.15) is 0 Å². The van der Waals surface area contributed by atoms with Crippen LogP contribution in [0, 0.1) is 0 Å². The smallest absolute Gasteiger partial charge is 0.231 e. The molecule has 1 fully saturated rings. The summed E-state index contributed by atoms with van der Waals surface area (Å²) < 4.78 is 1.93. The molecule has 1 aliphatic rings. The normalized spacial score (nSPS) is 16.0. The molecule has 1 N–H and O–H groups in total. The number of hydrogen-bond acceptors (Lipinski definition) is 6. The van der Waals surface area contributed by atoms with Gasteiger partial charge in [0.05, 0.1) is 11.8 Å². The van der Waals surface area contributed by atoms with Gasteiger partial charge in [-0.05, 0) is 36.2 Å². The maximum Gasteiger partial charge on any atom is 0.231 e. The van der Waals surface area contributed by atoms with Gasteiger partial charge < -0.3 is 10.2 Å². The number of aromatic nitrogens is 3. The highest BCUT2D eigenvalue weighted by Crippen LogP contribution is 2.22. The second kappa shape index (κ2) is 11.6. The first-order valence-electron chi connectivity index (χ1n) is 11.9. The van der Waals surface area contributed by atoms with Crippen molar-refractivity contribution in [3.63, 3.8) is 0 Å². The maximum absolute atomic E-state index is 13.0. The fourth-order valence-corrected chi connectivity index (χ4v) is 4.83. The Balaban J connectivity index is 1.38. The molecule has 1 aromatic heterocycles. The second-order valence-electron chi connectivity index (χ2n) is 9.15. The van der Waals surface area contributed by atoms with E-state index in [1.54, 1.807) is 6.33 Å². The van der Waals surface area contributed by atoms with Crippen molar-refractivity contribution in [2.75, 3.05) is 45.5 Å². The maximum atomic E-state index is 13.0. The number of rotatable bonds is 9. The molecular formula is C26H34N6OS. The van der Waals surface area contributed by atoms with Crippen LogP contribution in [0.4, 0.5) is 0 Å². The molecule has 0 saturated carbocycles. The minimum absolute atomic E-state index is 0.00214. The molecule has 1 atom stereocenters. The van der Waals surface area contributed by atoms with E-state index in [0.717, 1.165) is 44.0 Å². The van der Waals surface area contributed by atoms with Gasteiger partial charge in [-0.3, -0.25) is 14.3 Å². The highest BCUT2D eigenvalue weighted by molar-refractivity contribution is 7.99. The first kappa shape index (κ1) is 24.4. The minimum atomic E-state index is -0.0425. The van der Waals surface area contributed by atoms with Crippen molar-refractivity contribution >= 4 is 17.7 Å². The molecule has 1 amide bonds. The number of amides is 1. The Morgan fingerprint density at radius 3 is 2.38 bits per heavy atom. The monoisotopic (exact) mass is 478 g/mol. The summed E-state index contributed by atoms with van der Waals surface area (Å²) in [5, 5.41) is 12.3. The van der Waals surface area contributed by atoms with Crippen LogP contribution in [0.5, 0.6) is 0 Å². The van der Waals surface area contributed by atoms with Gasteiger partial charge in [0.25, 0.3) is 0 Å². The SMILES string of the molecule is CC(C)c1ccc(-n2cnnc2SCC(=O)NC(CN2CCN(C)CC2)c2ccccc2)cc1. The van der Waals surface area contributed by atoms with E-state index in [4.69, 9.17) is 0 Å². The zero-order valence-corrected chi connectivity index (χ0v) is 21.0. The summed E-state index contributed by atoms with van der Waals surface area (Å²) in [7, 11) is 2.16. The van der Waals surface area contributed by atoms with E-state index in [1.165, 1.54) is 17.3 Å². The zero-order valence-electron chi connectivity index (χ0n) is 20.2. The Morgan fingerprint density at radius 1 is 1.00 bits per heavy atom. The standard InChI is InChI=1S/C26H34N6OS/c1-20(2)21-9-11-23(12-10-21)32-19-27-29-26(32)34-18-25(33)28-24(22-7-5-4-6-8-22)17-31-15-13-30(3)14-16-31/h4-12,19-20,24H,13-18H2,1-3H3,(H,28,33). The Kier molecular flexibility index (Phi) is 8.37. The number of carbonyl (C=O) groups is 1. The van der Waals surface area contributed by atoms with Crippen molar-refractivity contribution in [3.05, 3.63) is 72.1 Å². The molecule has 180 valence electrons. The van der Waals surface area contributed by atoms with Crippen LogP contribution in [-0.2, 0) is 4.79 Å². The molecule has 0 aliphatic carbocycles. The van der Waals surface area contributed by atoms with Gasteiger partial charge in [0.1, 0.15) is 6.33 Å². The molecule has 1 saturated heterocycles. The Hall–Kier alpha value is -2.68. The summed E-state index contributed by atoms with van der Waals surface area (Å²) in [6, 6.07) is 18.6. The zero-order chi connectivity index (χ0) is 23.9. The van der Waals surface area contributed by atoms with E-state index >= 15 is 0 Å². The average molecular weight is 479 g/mol. The predicted octanol–water partition coefficient (Wildman–Crippen LogP) is 3.59. The number of carbonyl (C=O) groups excluding carboxylic acids is 1. The topological polar surface area (TPSA) is 66.3 Å². The van der Waals surface area contributed by atoms with E-state index in [2.05, 4.69) is 82.6 Å². The average Bonchev–Trinajstić information content (AvgIpc) is 3.33. The van der Waals surface area contributed by atoms with Crippen molar-refractivity contribution in [1.29, 1.82) is 0 Å². The van der Waals surface area contributed by atoms with Crippen LogP contribution in [0.1, 0.15) is 36.9 Å². The highest BCUT2D eigenvalue weighted by Gasteiger charge is 2.21. The van der Waals surface area contributed by atoms with Gasteiger partial charge in [-0.1, -0.05) is 68.1 Å². The van der Waals surface area contributed by atoms with Crippen LogP contribution < -0.4 is 5.32 Å². The number of nitrogens with one attached hydrogen (secondary N) is 1. The van der Waals surface area contributed by atoms with Gasteiger partial charge in [-0.15, -0.1) is 10.2 Å². The molecule has 0 bridgehead atoms. The summed E-state index contributed by atoms with van der Waals surface area (Å²) in [5.41, 5.74) is 3.42. The van der Waals surface area contributed by atoms with E-state index in [1.807, 2.05) is 22.8 Å². The summed E-state index contributed by atoms with van der Waals surface area (Å²) in [6.45, 7) is 9.32.